The highest BCUT2D eigenvalue weighted by molar-refractivity contribution is 6.04. The lowest BCUT2D eigenvalue weighted by atomic mass is 9.81. The molecule has 0 fully saturated rings. The molecule has 0 atom stereocenters. The summed E-state index contributed by atoms with van der Waals surface area (Å²) in [6.07, 6.45) is 3.68. The molecule has 0 unspecified atom stereocenters. The minimum atomic E-state index is -0.174. The Balaban J connectivity index is 1.14. The summed E-state index contributed by atoms with van der Waals surface area (Å²) in [7, 11) is 0. The van der Waals surface area contributed by atoms with Gasteiger partial charge in [0.2, 0.25) is 0 Å². The Kier molecular flexibility index (Phi) is 4.92. The molecule has 1 aliphatic rings. The van der Waals surface area contributed by atoms with Gasteiger partial charge in [0.05, 0.1) is 33.5 Å². The fourth-order valence-corrected chi connectivity index (χ4v) is 6.83. The van der Waals surface area contributed by atoms with Gasteiger partial charge >= 0.3 is 0 Å². The number of aromatic nitrogens is 4. The van der Waals surface area contributed by atoms with Crippen molar-refractivity contribution >= 4 is 43.6 Å². The highest BCUT2D eigenvalue weighted by Crippen LogP contribution is 2.50. The molecule has 0 bridgehead atoms. The third-order valence-corrected chi connectivity index (χ3v) is 9.13. The summed E-state index contributed by atoms with van der Waals surface area (Å²) in [6.45, 7) is 4.64. The predicted molar refractivity (Wildman–Crippen MR) is 176 cm³/mol. The largest absolute Gasteiger partial charge is 0.254 e. The van der Waals surface area contributed by atoms with E-state index >= 15 is 0 Å². The van der Waals surface area contributed by atoms with E-state index in [9.17, 15) is 0 Å². The molecular formula is C39H26N4. The normalized spacial score (nSPS) is 13.5. The van der Waals surface area contributed by atoms with Gasteiger partial charge in [-0.05, 0) is 58.7 Å². The topological polar surface area (TPSA) is 51.6 Å². The molecule has 4 aromatic heterocycles. The van der Waals surface area contributed by atoms with E-state index in [0.29, 0.717) is 0 Å². The number of pyridine rings is 4. The zero-order valence-corrected chi connectivity index (χ0v) is 23.8. The third kappa shape index (κ3) is 3.56. The molecule has 0 aliphatic heterocycles. The highest BCUT2D eigenvalue weighted by Gasteiger charge is 2.36. The first kappa shape index (κ1) is 24.2. The molecule has 4 aromatic carbocycles. The van der Waals surface area contributed by atoms with Crippen LogP contribution < -0.4 is 0 Å². The van der Waals surface area contributed by atoms with Crippen molar-refractivity contribution < 1.29 is 0 Å². The first-order valence-electron chi connectivity index (χ1n) is 14.6. The maximum absolute atomic E-state index is 5.12. The number of hydrogen-bond acceptors (Lipinski definition) is 4. The van der Waals surface area contributed by atoms with Crippen molar-refractivity contribution in [2.45, 2.75) is 19.3 Å². The van der Waals surface area contributed by atoms with Gasteiger partial charge in [0.15, 0.2) is 0 Å². The Labute approximate surface area is 248 Å². The van der Waals surface area contributed by atoms with Crippen LogP contribution in [0.25, 0.3) is 77.3 Å². The maximum Gasteiger partial charge on any atom is 0.0972 e. The van der Waals surface area contributed by atoms with Crippen LogP contribution in [-0.2, 0) is 5.41 Å². The molecule has 0 saturated heterocycles. The monoisotopic (exact) mass is 550 g/mol. The summed E-state index contributed by atoms with van der Waals surface area (Å²) in [5.41, 5.74) is 12.9. The highest BCUT2D eigenvalue weighted by atomic mass is 14.8. The van der Waals surface area contributed by atoms with Crippen LogP contribution in [0, 0.1) is 0 Å². The standard InChI is InChI=1S/C39H26N4/c1-39(2)31-21-27(33-17-13-25-9-7-23-5-3-19-40-35(23)37(25)42-33)11-15-29(31)30-16-12-28(22-32(30)39)34-18-14-26-10-8-24-6-4-20-41-36(24)38(26)43-34/h3-22H,1-2H3. The molecular weight excluding hydrogens is 524 g/mol. The molecule has 202 valence electrons. The molecule has 0 amide bonds. The summed E-state index contributed by atoms with van der Waals surface area (Å²) in [5, 5.41) is 4.41. The summed E-state index contributed by atoms with van der Waals surface area (Å²) in [5.74, 6) is 0. The van der Waals surface area contributed by atoms with Crippen molar-refractivity contribution in [3.8, 4) is 33.6 Å². The molecule has 8 aromatic rings. The maximum atomic E-state index is 5.12. The number of nitrogens with zero attached hydrogens (tertiary/aromatic N) is 4. The van der Waals surface area contributed by atoms with Gasteiger partial charge in [-0.1, -0.05) is 86.6 Å². The average molecular weight is 551 g/mol. The van der Waals surface area contributed by atoms with E-state index in [1.54, 1.807) is 0 Å². The molecule has 4 heterocycles. The van der Waals surface area contributed by atoms with Crippen LogP contribution in [-0.4, -0.2) is 19.9 Å². The van der Waals surface area contributed by atoms with E-state index in [-0.39, 0.29) is 5.41 Å². The Bertz CT molecular complexity index is 2270. The van der Waals surface area contributed by atoms with Crippen molar-refractivity contribution in [1.82, 2.24) is 19.9 Å². The molecule has 0 N–H and O–H groups in total. The van der Waals surface area contributed by atoms with Gasteiger partial charge in [-0.2, -0.15) is 0 Å². The van der Waals surface area contributed by atoms with Crippen molar-refractivity contribution in [3.63, 3.8) is 0 Å². The fourth-order valence-electron chi connectivity index (χ4n) is 6.83. The smallest absolute Gasteiger partial charge is 0.0972 e. The lowest BCUT2D eigenvalue weighted by Gasteiger charge is -2.22. The lowest BCUT2D eigenvalue weighted by molar-refractivity contribution is 0.661. The summed E-state index contributed by atoms with van der Waals surface area (Å²) < 4.78 is 0. The Morgan fingerprint density at radius 3 is 1.33 bits per heavy atom. The van der Waals surface area contributed by atoms with Crippen molar-refractivity contribution in [2.75, 3.05) is 0 Å². The predicted octanol–water partition coefficient (Wildman–Crippen LogP) is 9.52. The second-order valence-corrected chi connectivity index (χ2v) is 12.0. The molecule has 4 heteroatoms. The second-order valence-electron chi connectivity index (χ2n) is 12.0. The van der Waals surface area contributed by atoms with Gasteiger partial charge in [0, 0.05) is 50.5 Å². The van der Waals surface area contributed by atoms with Gasteiger partial charge < -0.3 is 0 Å². The Hall–Kier alpha value is -5.48. The van der Waals surface area contributed by atoms with Gasteiger partial charge in [-0.15, -0.1) is 0 Å². The van der Waals surface area contributed by atoms with E-state index in [1.165, 1.54) is 22.3 Å². The molecule has 0 saturated carbocycles. The van der Waals surface area contributed by atoms with Crippen LogP contribution in [0.5, 0.6) is 0 Å². The van der Waals surface area contributed by atoms with E-state index < -0.39 is 0 Å². The van der Waals surface area contributed by atoms with Gasteiger partial charge in [0.1, 0.15) is 0 Å². The Morgan fingerprint density at radius 2 is 0.860 bits per heavy atom. The van der Waals surface area contributed by atoms with E-state index in [4.69, 9.17) is 9.97 Å². The van der Waals surface area contributed by atoms with Crippen LogP contribution in [0.4, 0.5) is 0 Å². The molecule has 4 nitrogen and oxygen atoms in total. The summed E-state index contributed by atoms with van der Waals surface area (Å²) in [6, 6.07) is 38.7. The van der Waals surface area contributed by atoms with Crippen LogP contribution in [0.1, 0.15) is 25.0 Å². The van der Waals surface area contributed by atoms with Crippen LogP contribution in [0.15, 0.2) is 122 Å². The van der Waals surface area contributed by atoms with Gasteiger partial charge in [-0.25, -0.2) is 9.97 Å². The number of hydrogen-bond donors (Lipinski definition) is 0. The molecule has 9 rings (SSSR count). The molecule has 0 spiro atoms. The summed E-state index contributed by atoms with van der Waals surface area (Å²) in [4.78, 5) is 19.5. The first-order valence-corrected chi connectivity index (χ1v) is 14.6. The minimum Gasteiger partial charge on any atom is -0.254 e. The minimum absolute atomic E-state index is 0.174. The van der Waals surface area contributed by atoms with Crippen molar-refractivity contribution in [2.24, 2.45) is 0 Å². The zero-order chi connectivity index (χ0) is 28.7. The Morgan fingerprint density at radius 1 is 0.442 bits per heavy atom. The quantitative estimate of drug-likeness (QED) is 0.201. The second kappa shape index (κ2) is 8.76. The zero-order valence-electron chi connectivity index (χ0n) is 23.8. The van der Waals surface area contributed by atoms with Gasteiger partial charge in [0.25, 0.3) is 0 Å². The van der Waals surface area contributed by atoms with Gasteiger partial charge in [-0.3, -0.25) is 9.97 Å². The third-order valence-electron chi connectivity index (χ3n) is 9.13. The average Bonchev–Trinajstić information content (AvgIpc) is 3.29. The SMILES string of the molecule is CC1(C)c2cc(-c3ccc4ccc5cccnc5c4n3)ccc2-c2ccc(-c3ccc4ccc5cccnc5c4n3)cc21. The van der Waals surface area contributed by atoms with Crippen LogP contribution in [0.2, 0.25) is 0 Å². The van der Waals surface area contributed by atoms with Crippen LogP contribution >= 0.6 is 0 Å². The number of benzene rings is 4. The molecule has 0 radical (unpaired) electrons. The fraction of sp³-hybridized carbons (Fsp3) is 0.0769. The lowest BCUT2D eigenvalue weighted by Crippen LogP contribution is -2.15. The van der Waals surface area contributed by atoms with Crippen molar-refractivity contribution in [3.05, 3.63) is 133 Å². The molecule has 1 aliphatic carbocycles. The van der Waals surface area contributed by atoms with E-state index in [2.05, 4.69) is 121 Å². The number of fused-ring (bicyclic) bond motifs is 9. The van der Waals surface area contributed by atoms with E-state index in [1.807, 2.05) is 24.5 Å². The number of rotatable bonds is 2. The van der Waals surface area contributed by atoms with E-state index in [0.717, 1.165) is 66.1 Å². The first-order chi connectivity index (χ1) is 21.0. The molecule has 43 heavy (non-hydrogen) atoms. The van der Waals surface area contributed by atoms with Crippen LogP contribution in [0.3, 0.4) is 0 Å². The summed E-state index contributed by atoms with van der Waals surface area (Å²) >= 11 is 0. The van der Waals surface area contributed by atoms with Crippen molar-refractivity contribution in [1.29, 1.82) is 0 Å².